The van der Waals surface area contributed by atoms with Gasteiger partial charge < -0.3 is 10.2 Å². The van der Waals surface area contributed by atoms with Gasteiger partial charge in [0.1, 0.15) is 6.54 Å². The fraction of sp³-hybridized carbons (Fsp3) is 0.267. The van der Waals surface area contributed by atoms with E-state index in [0.29, 0.717) is 13.1 Å². The number of carbonyl (C=O) groups excluding carboxylic acids is 3. The molecule has 110 valence electrons. The number of rotatable bonds is 6. The van der Waals surface area contributed by atoms with Crippen LogP contribution in [0, 0.1) is 0 Å². The first-order valence-electron chi connectivity index (χ1n) is 6.62. The van der Waals surface area contributed by atoms with E-state index in [-0.39, 0.29) is 24.9 Å². The van der Waals surface area contributed by atoms with Gasteiger partial charge in [-0.15, -0.1) is 6.58 Å². The minimum Gasteiger partial charge on any atom is -0.333 e. The summed E-state index contributed by atoms with van der Waals surface area (Å²) in [4.78, 5) is 37.8. The maximum atomic E-state index is 12.3. The molecule has 0 aliphatic carbocycles. The van der Waals surface area contributed by atoms with Crippen molar-refractivity contribution in [3.8, 4) is 0 Å². The lowest BCUT2D eigenvalue weighted by Gasteiger charge is -2.23. The Kier molecular flexibility index (Phi) is 4.71. The number of amides is 4. The predicted octanol–water partition coefficient (Wildman–Crippen LogP) is 0.753. The number of hydrogen-bond acceptors (Lipinski definition) is 3. The van der Waals surface area contributed by atoms with Crippen LogP contribution in [0.1, 0.15) is 5.56 Å². The van der Waals surface area contributed by atoms with Crippen LogP contribution in [0.15, 0.2) is 43.0 Å². The van der Waals surface area contributed by atoms with Gasteiger partial charge in [0.15, 0.2) is 0 Å². The first-order chi connectivity index (χ1) is 10.1. The molecule has 6 nitrogen and oxygen atoms in total. The summed E-state index contributed by atoms with van der Waals surface area (Å²) in [5.74, 6) is -0.671. The summed E-state index contributed by atoms with van der Waals surface area (Å²) in [5, 5.41) is 2.39. The van der Waals surface area contributed by atoms with Crippen LogP contribution in [0.5, 0.6) is 0 Å². The van der Waals surface area contributed by atoms with E-state index in [1.54, 1.807) is 11.0 Å². The van der Waals surface area contributed by atoms with Crippen LogP contribution in [0.4, 0.5) is 4.79 Å². The fourth-order valence-corrected chi connectivity index (χ4v) is 2.06. The molecule has 0 atom stereocenters. The number of nitrogens with zero attached hydrogens (tertiary/aromatic N) is 2. The Morgan fingerprint density at radius 1 is 1.33 bits per heavy atom. The molecule has 1 heterocycles. The molecule has 1 fully saturated rings. The molecule has 21 heavy (non-hydrogen) atoms. The highest BCUT2D eigenvalue weighted by molar-refractivity contribution is 6.04. The molecular weight excluding hydrogens is 270 g/mol. The number of benzene rings is 1. The van der Waals surface area contributed by atoms with Gasteiger partial charge in [-0.3, -0.25) is 14.5 Å². The van der Waals surface area contributed by atoms with Crippen molar-refractivity contribution in [1.82, 2.24) is 15.1 Å². The van der Waals surface area contributed by atoms with E-state index in [1.807, 2.05) is 30.3 Å². The Hall–Kier alpha value is -2.63. The standard InChI is InChI=1S/C15H17N3O3/c1-2-8-17(10-12-6-4-3-5-7-12)14(20)11-18-13(19)9-16-15(18)21/h2-7H,1,8-11H2,(H,16,21). The van der Waals surface area contributed by atoms with Gasteiger partial charge in [-0.25, -0.2) is 4.79 Å². The van der Waals surface area contributed by atoms with E-state index in [0.717, 1.165) is 10.5 Å². The number of nitrogens with one attached hydrogen (secondary N) is 1. The smallest absolute Gasteiger partial charge is 0.325 e. The average molecular weight is 287 g/mol. The van der Waals surface area contributed by atoms with E-state index in [4.69, 9.17) is 0 Å². The van der Waals surface area contributed by atoms with Crippen LogP contribution in [0.25, 0.3) is 0 Å². The SMILES string of the molecule is C=CCN(Cc1ccccc1)C(=O)CN1C(=O)CNC1=O. The molecule has 0 radical (unpaired) electrons. The Morgan fingerprint density at radius 2 is 2.05 bits per heavy atom. The molecule has 0 spiro atoms. The summed E-state index contributed by atoms with van der Waals surface area (Å²) in [6.45, 7) is 4.11. The second-order valence-corrected chi connectivity index (χ2v) is 4.69. The van der Waals surface area contributed by atoms with Crippen molar-refractivity contribution in [2.45, 2.75) is 6.54 Å². The van der Waals surface area contributed by atoms with Crippen molar-refractivity contribution in [2.75, 3.05) is 19.6 Å². The van der Waals surface area contributed by atoms with E-state index < -0.39 is 6.03 Å². The Labute approximate surface area is 123 Å². The van der Waals surface area contributed by atoms with Crippen molar-refractivity contribution in [3.05, 3.63) is 48.6 Å². The molecule has 1 aliphatic rings. The lowest BCUT2D eigenvalue weighted by atomic mass is 10.2. The minimum atomic E-state index is -0.522. The summed E-state index contributed by atoms with van der Waals surface area (Å²) in [7, 11) is 0. The highest BCUT2D eigenvalue weighted by Gasteiger charge is 2.31. The third-order valence-electron chi connectivity index (χ3n) is 3.15. The normalized spacial score (nSPS) is 14.0. The van der Waals surface area contributed by atoms with E-state index in [1.165, 1.54) is 0 Å². The van der Waals surface area contributed by atoms with Crippen molar-refractivity contribution < 1.29 is 14.4 Å². The summed E-state index contributed by atoms with van der Waals surface area (Å²) >= 11 is 0. The zero-order valence-corrected chi connectivity index (χ0v) is 11.6. The molecule has 0 saturated carbocycles. The number of urea groups is 1. The second kappa shape index (κ2) is 6.69. The quantitative estimate of drug-likeness (QED) is 0.620. The summed E-state index contributed by atoms with van der Waals surface area (Å²) < 4.78 is 0. The Balaban J connectivity index is 2.03. The number of imide groups is 1. The van der Waals surface area contributed by atoms with Crippen molar-refractivity contribution >= 4 is 17.8 Å². The average Bonchev–Trinajstić information content (AvgIpc) is 2.80. The molecule has 1 N–H and O–H groups in total. The number of carbonyl (C=O) groups is 3. The lowest BCUT2D eigenvalue weighted by Crippen LogP contribution is -2.42. The maximum absolute atomic E-state index is 12.3. The molecular formula is C15H17N3O3. The van der Waals surface area contributed by atoms with Gasteiger partial charge in [0.2, 0.25) is 5.91 Å². The molecule has 1 aliphatic heterocycles. The van der Waals surface area contributed by atoms with Crippen LogP contribution < -0.4 is 5.32 Å². The van der Waals surface area contributed by atoms with E-state index >= 15 is 0 Å². The topological polar surface area (TPSA) is 69.7 Å². The Morgan fingerprint density at radius 3 is 2.62 bits per heavy atom. The van der Waals surface area contributed by atoms with Crippen LogP contribution in [-0.4, -0.2) is 47.3 Å². The molecule has 1 saturated heterocycles. The first kappa shape index (κ1) is 14.8. The highest BCUT2D eigenvalue weighted by atomic mass is 16.2. The molecule has 6 heteroatoms. The van der Waals surface area contributed by atoms with Gasteiger partial charge >= 0.3 is 6.03 Å². The van der Waals surface area contributed by atoms with Crippen LogP contribution in [0.3, 0.4) is 0 Å². The van der Waals surface area contributed by atoms with E-state index in [9.17, 15) is 14.4 Å². The molecule has 1 aromatic carbocycles. The fourth-order valence-electron chi connectivity index (χ4n) is 2.06. The minimum absolute atomic E-state index is 0.0493. The van der Waals surface area contributed by atoms with Gasteiger partial charge in [-0.05, 0) is 5.56 Å². The molecule has 0 bridgehead atoms. The zero-order valence-electron chi connectivity index (χ0n) is 11.6. The molecule has 0 aromatic heterocycles. The highest BCUT2D eigenvalue weighted by Crippen LogP contribution is 2.07. The van der Waals surface area contributed by atoms with Gasteiger partial charge in [-0.1, -0.05) is 36.4 Å². The second-order valence-electron chi connectivity index (χ2n) is 4.69. The van der Waals surface area contributed by atoms with Crippen LogP contribution >= 0.6 is 0 Å². The monoisotopic (exact) mass is 287 g/mol. The van der Waals surface area contributed by atoms with Crippen molar-refractivity contribution in [2.24, 2.45) is 0 Å². The lowest BCUT2D eigenvalue weighted by molar-refractivity contribution is -0.136. The Bertz CT molecular complexity index is 541. The third-order valence-corrected chi connectivity index (χ3v) is 3.15. The van der Waals surface area contributed by atoms with Crippen LogP contribution in [-0.2, 0) is 16.1 Å². The summed E-state index contributed by atoms with van der Waals surface area (Å²) in [6.07, 6.45) is 1.62. The maximum Gasteiger partial charge on any atom is 0.325 e. The van der Waals surface area contributed by atoms with E-state index in [2.05, 4.69) is 11.9 Å². The zero-order chi connectivity index (χ0) is 15.2. The van der Waals surface area contributed by atoms with Crippen molar-refractivity contribution in [3.63, 3.8) is 0 Å². The largest absolute Gasteiger partial charge is 0.333 e. The van der Waals surface area contributed by atoms with Crippen LogP contribution in [0.2, 0.25) is 0 Å². The van der Waals surface area contributed by atoms with Crippen molar-refractivity contribution in [1.29, 1.82) is 0 Å². The first-order valence-corrected chi connectivity index (χ1v) is 6.62. The van der Waals surface area contributed by atoms with Gasteiger partial charge in [0, 0.05) is 13.1 Å². The molecule has 0 unspecified atom stereocenters. The number of hydrogen-bond donors (Lipinski definition) is 1. The third kappa shape index (κ3) is 3.68. The van der Waals surface area contributed by atoms with Gasteiger partial charge in [0.25, 0.3) is 5.91 Å². The predicted molar refractivity (Wildman–Crippen MR) is 77.2 cm³/mol. The molecule has 1 aromatic rings. The van der Waals surface area contributed by atoms with Gasteiger partial charge in [-0.2, -0.15) is 0 Å². The summed E-state index contributed by atoms with van der Waals surface area (Å²) in [5.41, 5.74) is 0.977. The summed E-state index contributed by atoms with van der Waals surface area (Å²) in [6, 6.07) is 8.99. The molecule has 4 amide bonds. The molecule has 2 rings (SSSR count). The van der Waals surface area contributed by atoms with Gasteiger partial charge in [0.05, 0.1) is 6.54 Å².